The molecule has 0 bridgehead atoms. The Morgan fingerprint density at radius 2 is 1.86 bits per heavy atom. The van der Waals surface area contributed by atoms with Gasteiger partial charge in [-0.05, 0) is 48.7 Å². The van der Waals surface area contributed by atoms with E-state index in [2.05, 4.69) is 35.0 Å². The molecule has 3 N–H and O–H groups in total. The average Bonchev–Trinajstić information content (AvgIpc) is 2.84. The third-order valence-corrected chi connectivity index (χ3v) is 3.81. The Morgan fingerprint density at radius 3 is 2.64 bits per heavy atom. The first-order chi connectivity index (χ1) is 10.6. The van der Waals surface area contributed by atoms with Gasteiger partial charge in [0, 0.05) is 35.6 Å². The van der Waals surface area contributed by atoms with Crippen LogP contribution in [0.3, 0.4) is 0 Å². The van der Waals surface area contributed by atoms with Crippen LogP contribution in [-0.4, -0.2) is 17.0 Å². The Balaban J connectivity index is 1.66. The van der Waals surface area contributed by atoms with Crippen molar-refractivity contribution in [3.63, 3.8) is 0 Å². The summed E-state index contributed by atoms with van der Waals surface area (Å²) in [6.07, 6.45) is 0. The van der Waals surface area contributed by atoms with Gasteiger partial charge < -0.3 is 15.6 Å². The molecule has 0 saturated carbocycles. The molecule has 0 spiro atoms. The number of rotatable bonds is 4. The molecule has 1 amide bonds. The second-order valence-corrected chi connectivity index (χ2v) is 5.37. The summed E-state index contributed by atoms with van der Waals surface area (Å²) in [6.45, 7) is 3.42. The number of amides is 1. The lowest BCUT2D eigenvalue weighted by molar-refractivity contribution is 0.0952. The van der Waals surface area contributed by atoms with Crippen LogP contribution in [-0.2, 0) is 6.54 Å². The SMILES string of the molecule is Cc1cc2ccccc2n1CCNC(=O)c1ccc(N)cc1. The smallest absolute Gasteiger partial charge is 0.251 e. The van der Waals surface area contributed by atoms with Crippen molar-refractivity contribution in [2.75, 3.05) is 12.3 Å². The molecule has 0 saturated heterocycles. The minimum absolute atomic E-state index is 0.0749. The van der Waals surface area contributed by atoms with Gasteiger partial charge >= 0.3 is 0 Å². The molecule has 0 aliphatic heterocycles. The highest BCUT2D eigenvalue weighted by Crippen LogP contribution is 2.18. The van der Waals surface area contributed by atoms with Gasteiger partial charge in [-0.15, -0.1) is 0 Å². The number of benzene rings is 2. The van der Waals surface area contributed by atoms with Crippen molar-refractivity contribution in [3.05, 3.63) is 65.9 Å². The second kappa shape index (κ2) is 5.93. The Morgan fingerprint density at radius 1 is 1.14 bits per heavy atom. The van der Waals surface area contributed by atoms with Crippen LogP contribution >= 0.6 is 0 Å². The first-order valence-electron chi connectivity index (χ1n) is 7.34. The van der Waals surface area contributed by atoms with Gasteiger partial charge in [-0.2, -0.15) is 0 Å². The number of nitrogen functional groups attached to an aromatic ring is 1. The highest BCUT2D eigenvalue weighted by Gasteiger charge is 2.07. The molecule has 2 aromatic carbocycles. The van der Waals surface area contributed by atoms with E-state index in [4.69, 9.17) is 5.73 Å². The summed E-state index contributed by atoms with van der Waals surface area (Å²) < 4.78 is 2.22. The average molecular weight is 293 g/mol. The molecule has 3 rings (SSSR count). The number of aromatic nitrogens is 1. The first-order valence-corrected chi connectivity index (χ1v) is 7.34. The largest absolute Gasteiger partial charge is 0.399 e. The fraction of sp³-hybridized carbons (Fsp3) is 0.167. The number of hydrogen-bond acceptors (Lipinski definition) is 2. The molecule has 112 valence electrons. The van der Waals surface area contributed by atoms with Crippen LogP contribution in [0.5, 0.6) is 0 Å². The number of hydrogen-bond donors (Lipinski definition) is 2. The zero-order valence-corrected chi connectivity index (χ0v) is 12.5. The van der Waals surface area contributed by atoms with Crippen LogP contribution in [0.1, 0.15) is 16.1 Å². The summed E-state index contributed by atoms with van der Waals surface area (Å²) >= 11 is 0. The predicted molar refractivity (Wildman–Crippen MR) is 89.9 cm³/mol. The van der Waals surface area contributed by atoms with E-state index >= 15 is 0 Å². The van der Waals surface area contributed by atoms with E-state index in [1.165, 1.54) is 16.6 Å². The normalized spacial score (nSPS) is 10.8. The fourth-order valence-corrected chi connectivity index (χ4v) is 2.66. The van der Waals surface area contributed by atoms with Gasteiger partial charge in [-0.25, -0.2) is 0 Å². The van der Waals surface area contributed by atoms with Crippen molar-refractivity contribution < 1.29 is 4.79 Å². The fourth-order valence-electron chi connectivity index (χ4n) is 2.66. The number of para-hydroxylation sites is 1. The Bertz CT molecular complexity index is 803. The summed E-state index contributed by atoms with van der Waals surface area (Å²) in [5.41, 5.74) is 9.31. The van der Waals surface area contributed by atoms with Crippen LogP contribution in [0.15, 0.2) is 54.6 Å². The number of anilines is 1. The zero-order valence-electron chi connectivity index (χ0n) is 12.5. The lowest BCUT2D eigenvalue weighted by atomic mass is 10.2. The minimum atomic E-state index is -0.0749. The number of nitrogens with one attached hydrogen (secondary N) is 1. The standard InChI is InChI=1S/C18H19N3O/c1-13-12-15-4-2-3-5-17(15)21(13)11-10-20-18(22)14-6-8-16(19)9-7-14/h2-9,12H,10-11,19H2,1H3,(H,20,22). The summed E-state index contributed by atoms with van der Waals surface area (Å²) in [6, 6.07) is 17.4. The van der Waals surface area contributed by atoms with Gasteiger partial charge in [0.25, 0.3) is 5.91 Å². The number of nitrogens with zero attached hydrogens (tertiary/aromatic N) is 1. The van der Waals surface area contributed by atoms with E-state index in [-0.39, 0.29) is 5.91 Å². The van der Waals surface area contributed by atoms with Crippen molar-refractivity contribution in [3.8, 4) is 0 Å². The van der Waals surface area contributed by atoms with E-state index in [1.807, 2.05) is 12.1 Å². The molecule has 0 fully saturated rings. The zero-order chi connectivity index (χ0) is 15.5. The number of nitrogens with two attached hydrogens (primary N) is 1. The molecular weight excluding hydrogens is 274 g/mol. The summed E-state index contributed by atoms with van der Waals surface area (Å²) in [5, 5.41) is 4.17. The van der Waals surface area contributed by atoms with Crippen molar-refractivity contribution in [1.82, 2.24) is 9.88 Å². The highest BCUT2D eigenvalue weighted by molar-refractivity contribution is 5.94. The van der Waals surface area contributed by atoms with E-state index < -0.39 is 0 Å². The van der Waals surface area contributed by atoms with Gasteiger partial charge in [0.2, 0.25) is 0 Å². The molecule has 4 nitrogen and oxygen atoms in total. The molecule has 0 atom stereocenters. The molecule has 1 aromatic heterocycles. The van der Waals surface area contributed by atoms with Crippen LogP contribution in [0, 0.1) is 6.92 Å². The maximum atomic E-state index is 12.1. The van der Waals surface area contributed by atoms with Crippen LogP contribution in [0.2, 0.25) is 0 Å². The molecule has 0 radical (unpaired) electrons. The van der Waals surface area contributed by atoms with Crippen LogP contribution < -0.4 is 11.1 Å². The van der Waals surface area contributed by atoms with Gasteiger partial charge in [-0.3, -0.25) is 4.79 Å². The van der Waals surface area contributed by atoms with E-state index in [1.54, 1.807) is 24.3 Å². The van der Waals surface area contributed by atoms with Crippen molar-refractivity contribution >= 4 is 22.5 Å². The summed E-state index contributed by atoms with van der Waals surface area (Å²) in [5.74, 6) is -0.0749. The maximum Gasteiger partial charge on any atom is 0.251 e. The molecule has 1 heterocycles. The third-order valence-electron chi connectivity index (χ3n) is 3.81. The predicted octanol–water partition coefficient (Wildman–Crippen LogP) is 2.96. The van der Waals surface area contributed by atoms with E-state index in [0.717, 1.165) is 6.54 Å². The minimum Gasteiger partial charge on any atom is -0.399 e. The highest BCUT2D eigenvalue weighted by atomic mass is 16.1. The van der Waals surface area contributed by atoms with Crippen LogP contribution in [0.4, 0.5) is 5.69 Å². The molecule has 4 heteroatoms. The van der Waals surface area contributed by atoms with Gasteiger partial charge in [-0.1, -0.05) is 18.2 Å². The number of carbonyl (C=O) groups is 1. The molecule has 0 unspecified atom stereocenters. The molecule has 22 heavy (non-hydrogen) atoms. The van der Waals surface area contributed by atoms with E-state index in [9.17, 15) is 4.79 Å². The topological polar surface area (TPSA) is 60.0 Å². The van der Waals surface area contributed by atoms with Gasteiger partial charge in [0.15, 0.2) is 0 Å². The number of carbonyl (C=O) groups excluding carboxylic acids is 1. The lowest BCUT2D eigenvalue weighted by Gasteiger charge is -2.10. The van der Waals surface area contributed by atoms with Crippen LogP contribution in [0.25, 0.3) is 10.9 Å². The van der Waals surface area contributed by atoms with Crippen molar-refractivity contribution in [2.45, 2.75) is 13.5 Å². The Kier molecular flexibility index (Phi) is 3.83. The Labute approximate surface area is 129 Å². The number of aryl methyl sites for hydroxylation is 1. The van der Waals surface area contributed by atoms with E-state index in [0.29, 0.717) is 17.8 Å². The Hall–Kier alpha value is -2.75. The molecule has 3 aromatic rings. The molecule has 0 aliphatic carbocycles. The first kappa shape index (κ1) is 14.2. The number of fused-ring (bicyclic) bond motifs is 1. The van der Waals surface area contributed by atoms with Gasteiger partial charge in [0.1, 0.15) is 0 Å². The summed E-state index contributed by atoms with van der Waals surface area (Å²) in [4.78, 5) is 12.1. The third kappa shape index (κ3) is 2.81. The van der Waals surface area contributed by atoms with Crippen molar-refractivity contribution in [1.29, 1.82) is 0 Å². The lowest BCUT2D eigenvalue weighted by Crippen LogP contribution is -2.27. The molecular formula is C18H19N3O. The maximum absolute atomic E-state index is 12.1. The van der Waals surface area contributed by atoms with Crippen molar-refractivity contribution in [2.24, 2.45) is 0 Å². The quantitative estimate of drug-likeness (QED) is 0.727. The van der Waals surface area contributed by atoms with Gasteiger partial charge in [0.05, 0.1) is 0 Å². The second-order valence-electron chi connectivity index (χ2n) is 5.37. The monoisotopic (exact) mass is 293 g/mol. The molecule has 0 aliphatic rings. The summed E-state index contributed by atoms with van der Waals surface area (Å²) in [7, 11) is 0.